The number of carbonyl (C=O) groups is 1. The van der Waals surface area contributed by atoms with Gasteiger partial charge in [-0.3, -0.25) is 4.79 Å². The number of nitriles is 1. The number of nitrogens with zero attached hydrogens (tertiary/aromatic N) is 7. The predicted octanol–water partition coefficient (Wildman–Crippen LogP) is 2.05. The number of hydrogen-bond acceptors (Lipinski definition) is 6. The van der Waals surface area contributed by atoms with Gasteiger partial charge >= 0.3 is 0 Å². The van der Waals surface area contributed by atoms with E-state index in [9.17, 15) is 10.1 Å². The molecule has 150 valence electrons. The molecule has 9 heteroatoms. The lowest BCUT2D eigenvalue weighted by Gasteiger charge is -2.11. The number of rotatable bonds is 6. The van der Waals surface area contributed by atoms with Crippen molar-refractivity contribution in [2.24, 2.45) is 0 Å². The molecule has 0 fully saturated rings. The first-order chi connectivity index (χ1) is 14.6. The monoisotopic (exact) mass is 400 g/mol. The van der Waals surface area contributed by atoms with Crippen LogP contribution in [-0.4, -0.2) is 35.3 Å². The van der Waals surface area contributed by atoms with Gasteiger partial charge in [0.2, 0.25) is 5.91 Å². The van der Waals surface area contributed by atoms with E-state index in [1.165, 1.54) is 6.20 Å². The minimum absolute atomic E-state index is 0.0514. The molecule has 4 rings (SSSR count). The molecular weight excluding hydrogens is 380 g/mol. The van der Waals surface area contributed by atoms with Crippen LogP contribution >= 0.6 is 0 Å². The molecule has 0 atom stereocenters. The SMILES string of the molecule is Cc1nc2c(C#N)cnn2c(C)c1CCC(=O)NCc1ccnc(-n2cccn2)c1. The summed E-state index contributed by atoms with van der Waals surface area (Å²) in [4.78, 5) is 21.2. The first kappa shape index (κ1) is 19.3. The second-order valence-corrected chi connectivity index (χ2v) is 6.92. The molecule has 0 unspecified atom stereocenters. The van der Waals surface area contributed by atoms with E-state index >= 15 is 0 Å². The van der Waals surface area contributed by atoms with E-state index in [1.54, 1.807) is 21.6 Å². The van der Waals surface area contributed by atoms with Crippen molar-refractivity contribution >= 4 is 11.6 Å². The third-order valence-corrected chi connectivity index (χ3v) is 4.97. The standard InChI is InChI=1S/C21H20N8O/c1-14-18(15(2)29-21(27-14)17(11-22)13-26-29)4-5-20(30)24-12-16-6-8-23-19(10-16)28-9-3-7-25-28/h3,6-10,13H,4-5,12H2,1-2H3,(H,24,30). The lowest BCUT2D eigenvalue weighted by atomic mass is 10.1. The average Bonchev–Trinajstić information content (AvgIpc) is 3.42. The van der Waals surface area contributed by atoms with Crippen LogP contribution in [0.4, 0.5) is 0 Å². The molecule has 4 heterocycles. The number of aryl methyl sites for hydroxylation is 2. The van der Waals surface area contributed by atoms with Crippen LogP contribution in [0.25, 0.3) is 11.5 Å². The fraction of sp³-hybridized carbons (Fsp3) is 0.238. The number of hydrogen-bond donors (Lipinski definition) is 1. The normalized spacial score (nSPS) is 10.8. The van der Waals surface area contributed by atoms with Gasteiger partial charge in [0.15, 0.2) is 11.5 Å². The van der Waals surface area contributed by atoms with Crippen molar-refractivity contribution in [3.8, 4) is 11.9 Å². The lowest BCUT2D eigenvalue weighted by Crippen LogP contribution is -2.23. The largest absolute Gasteiger partial charge is 0.352 e. The van der Waals surface area contributed by atoms with Crippen LogP contribution in [0.5, 0.6) is 0 Å². The Morgan fingerprint density at radius 1 is 1.27 bits per heavy atom. The highest BCUT2D eigenvalue weighted by Gasteiger charge is 2.14. The van der Waals surface area contributed by atoms with E-state index in [2.05, 4.69) is 31.6 Å². The first-order valence-corrected chi connectivity index (χ1v) is 9.52. The molecule has 0 radical (unpaired) electrons. The highest BCUT2D eigenvalue weighted by Crippen LogP contribution is 2.18. The van der Waals surface area contributed by atoms with Crippen molar-refractivity contribution in [3.63, 3.8) is 0 Å². The van der Waals surface area contributed by atoms with Crippen molar-refractivity contribution in [1.82, 2.24) is 34.7 Å². The van der Waals surface area contributed by atoms with Gasteiger partial charge in [-0.25, -0.2) is 19.2 Å². The Balaban J connectivity index is 1.40. The number of fused-ring (bicyclic) bond motifs is 1. The summed E-state index contributed by atoms with van der Waals surface area (Å²) in [6.45, 7) is 4.23. The Hall–Kier alpha value is -4.06. The topological polar surface area (TPSA) is 114 Å². The fourth-order valence-electron chi connectivity index (χ4n) is 3.38. The van der Waals surface area contributed by atoms with Crippen LogP contribution < -0.4 is 5.32 Å². The highest BCUT2D eigenvalue weighted by atomic mass is 16.1. The number of nitrogens with one attached hydrogen (secondary N) is 1. The van der Waals surface area contributed by atoms with Gasteiger partial charge in [-0.2, -0.15) is 15.5 Å². The van der Waals surface area contributed by atoms with E-state index < -0.39 is 0 Å². The van der Waals surface area contributed by atoms with Gasteiger partial charge in [-0.1, -0.05) is 0 Å². The van der Waals surface area contributed by atoms with Gasteiger partial charge < -0.3 is 5.32 Å². The summed E-state index contributed by atoms with van der Waals surface area (Å²) in [6, 6.07) is 7.69. The third kappa shape index (κ3) is 3.75. The highest BCUT2D eigenvalue weighted by molar-refractivity contribution is 5.76. The van der Waals surface area contributed by atoms with E-state index in [-0.39, 0.29) is 5.91 Å². The zero-order chi connectivity index (χ0) is 21.1. The van der Waals surface area contributed by atoms with Gasteiger partial charge in [-0.05, 0) is 49.6 Å². The van der Waals surface area contributed by atoms with Gasteiger partial charge in [0.05, 0.1) is 6.20 Å². The Morgan fingerprint density at radius 2 is 2.13 bits per heavy atom. The summed E-state index contributed by atoms with van der Waals surface area (Å²) >= 11 is 0. The van der Waals surface area contributed by atoms with Gasteiger partial charge in [-0.15, -0.1) is 0 Å². The molecule has 0 aliphatic heterocycles. The summed E-state index contributed by atoms with van der Waals surface area (Å²) in [5, 5.41) is 20.5. The number of carbonyl (C=O) groups excluding carboxylic acids is 1. The van der Waals surface area contributed by atoms with Crippen LogP contribution in [0.2, 0.25) is 0 Å². The van der Waals surface area contributed by atoms with Crippen LogP contribution in [0, 0.1) is 25.2 Å². The van der Waals surface area contributed by atoms with Crippen molar-refractivity contribution in [2.45, 2.75) is 33.2 Å². The summed E-state index contributed by atoms with van der Waals surface area (Å²) in [5.41, 5.74) is 4.60. The second kappa shape index (κ2) is 8.13. The molecule has 0 aromatic carbocycles. The van der Waals surface area contributed by atoms with Crippen molar-refractivity contribution in [3.05, 3.63) is 71.1 Å². The lowest BCUT2D eigenvalue weighted by molar-refractivity contribution is -0.121. The average molecular weight is 400 g/mol. The summed E-state index contributed by atoms with van der Waals surface area (Å²) in [5.74, 6) is 0.651. The van der Waals surface area contributed by atoms with Crippen LogP contribution in [0.15, 0.2) is 43.0 Å². The van der Waals surface area contributed by atoms with Gasteiger partial charge in [0, 0.05) is 42.9 Å². The minimum Gasteiger partial charge on any atom is -0.352 e. The van der Waals surface area contributed by atoms with Crippen molar-refractivity contribution < 1.29 is 4.79 Å². The van der Waals surface area contributed by atoms with Crippen LogP contribution in [-0.2, 0) is 17.8 Å². The van der Waals surface area contributed by atoms with E-state index in [0.717, 1.165) is 22.5 Å². The summed E-state index contributed by atoms with van der Waals surface area (Å²) < 4.78 is 3.33. The van der Waals surface area contributed by atoms with Crippen molar-refractivity contribution in [2.75, 3.05) is 0 Å². The molecule has 9 nitrogen and oxygen atoms in total. The molecule has 4 aromatic heterocycles. The molecule has 0 spiro atoms. The second-order valence-electron chi connectivity index (χ2n) is 6.92. The molecular formula is C21H20N8O. The Bertz CT molecular complexity index is 1250. The van der Waals surface area contributed by atoms with E-state index in [1.807, 2.05) is 38.2 Å². The molecule has 0 aliphatic carbocycles. The number of pyridine rings is 1. The molecule has 0 bridgehead atoms. The summed E-state index contributed by atoms with van der Waals surface area (Å²) in [6.07, 6.45) is 7.60. The quantitative estimate of drug-likeness (QED) is 0.530. The maximum atomic E-state index is 12.4. The first-order valence-electron chi connectivity index (χ1n) is 9.52. The van der Waals surface area contributed by atoms with E-state index in [4.69, 9.17) is 0 Å². The minimum atomic E-state index is -0.0514. The molecule has 0 saturated heterocycles. The molecule has 0 saturated carbocycles. The summed E-state index contributed by atoms with van der Waals surface area (Å²) in [7, 11) is 0. The van der Waals surface area contributed by atoms with Crippen LogP contribution in [0.1, 0.15) is 34.5 Å². The number of amides is 1. The van der Waals surface area contributed by atoms with E-state index in [0.29, 0.717) is 36.4 Å². The Labute approximate surface area is 173 Å². The Morgan fingerprint density at radius 3 is 2.90 bits per heavy atom. The molecule has 1 amide bonds. The predicted molar refractivity (Wildman–Crippen MR) is 109 cm³/mol. The molecule has 4 aromatic rings. The maximum Gasteiger partial charge on any atom is 0.220 e. The molecule has 0 aliphatic rings. The Kier molecular flexibility index (Phi) is 5.22. The van der Waals surface area contributed by atoms with Crippen LogP contribution in [0.3, 0.4) is 0 Å². The molecule has 30 heavy (non-hydrogen) atoms. The fourth-order valence-corrected chi connectivity index (χ4v) is 3.38. The maximum absolute atomic E-state index is 12.4. The van der Waals surface area contributed by atoms with Crippen molar-refractivity contribution in [1.29, 1.82) is 5.26 Å². The number of aromatic nitrogens is 6. The molecule has 1 N–H and O–H groups in total. The smallest absolute Gasteiger partial charge is 0.220 e. The third-order valence-electron chi connectivity index (χ3n) is 4.97. The zero-order valence-electron chi connectivity index (χ0n) is 16.7. The van der Waals surface area contributed by atoms with Gasteiger partial charge in [0.25, 0.3) is 0 Å². The van der Waals surface area contributed by atoms with Gasteiger partial charge in [0.1, 0.15) is 11.6 Å². The zero-order valence-corrected chi connectivity index (χ0v) is 16.7.